The number of hydrogen-bond acceptors (Lipinski definition) is 3. The highest BCUT2D eigenvalue weighted by Crippen LogP contribution is 2.28. The van der Waals surface area contributed by atoms with Crippen LogP contribution >= 0.6 is 22.6 Å². The van der Waals surface area contributed by atoms with Gasteiger partial charge in [0.1, 0.15) is 0 Å². The van der Waals surface area contributed by atoms with Gasteiger partial charge in [-0.1, -0.05) is 54.6 Å². The molecule has 0 aliphatic carbocycles. The lowest BCUT2D eigenvalue weighted by molar-refractivity contribution is 0.0280. The van der Waals surface area contributed by atoms with Crippen LogP contribution in [-0.2, 0) is 4.74 Å². The number of carbonyl (C=O) groups is 2. The molecule has 0 unspecified atom stereocenters. The minimum absolute atomic E-state index is 0.261. The Bertz CT molecular complexity index is 1150. The number of nitrogens with one attached hydrogen (secondary N) is 1. The highest BCUT2D eigenvalue weighted by atomic mass is 127. The molecule has 0 bridgehead atoms. The fourth-order valence-electron chi connectivity index (χ4n) is 3.11. The van der Waals surface area contributed by atoms with Crippen LogP contribution in [0.2, 0.25) is 0 Å². The number of halogens is 1. The average molecular weight is 481 g/mol. The fraction of sp³-hybridized carbons (Fsp3) is 0.0435. The van der Waals surface area contributed by atoms with Gasteiger partial charge in [-0.05, 0) is 46.9 Å². The maximum absolute atomic E-state index is 13.4. The van der Waals surface area contributed by atoms with Crippen LogP contribution in [0.4, 0.5) is 0 Å². The summed E-state index contributed by atoms with van der Waals surface area (Å²) in [5.74, 6) is -0.789. The molecule has 1 heterocycles. The smallest absolute Gasteiger partial charge is 0.339 e. The Morgan fingerprint density at radius 3 is 2.43 bits per heavy atom. The lowest BCUT2D eigenvalue weighted by Gasteiger charge is -2.17. The minimum Gasteiger partial charge on any atom is -0.445 e. The molecule has 0 aliphatic heterocycles. The summed E-state index contributed by atoms with van der Waals surface area (Å²) in [6.45, 7) is 0. The summed E-state index contributed by atoms with van der Waals surface area (Å²) in [5, 5.41) is 0.804. The molecule has 28 heavy (non-hydrogen) atoms. The summed E-state index contributed by atoms with van der Waals surface area (Å²) in [6, 6.07) is 23.8. The first-order chi connectivity index (χ1) is 13.6. The maximum Gasteiger partial charge on any atom is 0.339 e. The second-order valence-electron chi connectivity index (χ2n) is 6.32. The van der Waals surface area contributed by atoms with Crippen LogP contribution in [0.25, 0.3) is 10.9 Å². The van der Waals surface area contributed by atoms with Gasteiger partial charge in [0.05, 0.1) is 5.56 Å². The zero-order valence-electron chi connectivity index (χ0n) is 14.8. The van der Waals surface area contributed by atoms with Crippen molar-refractivity contribution in [3.63, 3.8) is 0 Å². The van der Waals surface area contributed by atoms with E-state index in [1.54, 1.807) is 36.5 Å². The molecular weight excluding hydrogens is 465 g/mol. The third kappa shape index (κ3) is 3.71. The van der Waals surface area contributed by atoms with Crippen molar-refractivity contribution in [2.45, 2.75) is 6.10 Å². The van der Waals surface area contributed by atoms with Gasteiger partial charge in [0, 0.05) is 31.8 Å². The number of ketones is 1. The van der Waals surface area contributed by atoms with Crippen LogP contribution < -0.4 is 0 Å². The number of para-hydroxylation sites is 1. The highest BCUT2D eigenvalue weighted by Gasteiger charge is 2.28. The number of H-pyrrole nitrogens is 1. The summed E-state index contributed by atoms with van der Waals surface area (Å²) >= 11 is 2.14. The molecule has 1 atom stereocenters. The van der Waals surface area contributed by atoms with Gasteiger partial charge in [-0.3, -0.25) is 4.79 Å². The number of Topliss-reactive ketones (excluding diaryl/α,β-unsaturated/α-hetero) is 1. The molecule has 0 radical (unpaired) electrons. The Morgan fingerprint density at radius 2 is 1.64 bits per heavy atom. The SMILES string of the molecule is O=C(O[C@@H](C(=O)c1c[nH]c2ccccc12)c1ccccc1)c1cccc(I)c1. The molecule has 4 rings (SSSR count). The zero-order chi connectivity index (χ0) is 19.5. The molecule has 0 saturated carbocycles. The van der Waals surface area contributed by atoms with Gasteiger partial charge in [0.25, 0.3) is 0 Å². The van der Waals surface area contributed by atoms with Crippen molar-refractivity contribution >= 4 is 45.2 Å². The van der Waals surface area contributed by atoms with E-state index in [4.69, 9.17) is 4.74 Å². The lowest BCUT2D eigenvalue weighted by Crippen LogP contribution is -2.20. The fourth-order valence-corrected chi connectivity index (χ4v) is 3.65. The monoisotopic (exact) mass is 481 g/mol. The van der Waals surface area contributed by atoms with Gasteiger partial charge in [0.2, 0.25) is 5.78 Å². The molecule has 0 saturated heterocycles. The third-order valence-corrected chi connectivity index (χ3v) is 5.15. The highest BCUT2D eigenvalue weighted by molar-refractivity contribution is 14.1. The number of ether oxygens (including phenoxy) is 1. The molecule has 1 aromatic heterocycles. The van der Waals surface area contributed by atoms with E-state index in [9.17, 15) is 9.59 Å². The Kier molecular flexibility index (Phi) is 5.25. The number of aromatic nitrogens is 1. The van der Waals surface area contributed by atoms with Crippen molar-refractivity contribution in [1.82, 2.24) is 4.98 Å². The number of fused-ring (bicyclic) bond motifs is 1. The Morgan fingerprint density at radius 1 is 0.893 bits per heavy atom. The lowest BCUT2D eigenvalue weighted by atomic mass is 9.99. The Labute approximate surface area is 175 Å². The first kappa shape index (κ1) is 18.4. The summed E-state index contributed by atoms with van der Waals surface area (Å²) in [7, 11) is 0. The van der Waals surface area contributed by atoms with Crippen LogP contribution in [0.15, 0.2) is 85.1 Å². The quantitative estimate of drug-likeness (QED) is 0.231. The number of aromatic amines is 1. The van der Waals surface area contributed by atoms with E-state index in [1.165, 1.54) is 0 Å². The van der Waals surface area contributed by atoms with Crippen LogP contribution in [0.3, 0.4) is 0 Å². The van der Waals surface area contributed by atoms with E-state index < -0.39 is 12.1 Å². The van der Waals surface area contributed by atoms with E-state index in [-0.39, 0.29) is 5.78 Å². The summed E-state index contributed by atoms with van der Waals surface area (Å²) in [5.41, 5.74) is 2.41. The van der Waals surface area contributed by atoms with Crippen molar-refractivity contribution in [3.05, 3.63) is 105 Å². The van der Waals surface area contributed by atoms with Crippen molar-refractivity contribution < 1.29 is 14.3 Å². The van der Waals surface area contributed by atoms with E-state index >= 15 is 0 Å². The van der Waals surface area contributed by atoms with Crippen LogP contribution in [0, 0.1) is 3.57 Å². The van der Waals surface area contributed by atoms with Crippen molar-refractivity contribution in [3.8, 4) is 0 Å². The Balaban J connectivity index is 1.72. The van der Waals surface area contributed by atoms with E-state index in [0.29, 0.717) is 16.7 Å². The minimum atomic E-state index is -1.02. The number of hydrogen-bond donors (Lipinski definition) is 1. The van der Waals surface area contributed by atoms with Gasteiger partial charge in [-0.2, -0.15) is 0 Å². The molecule has 4 nitrogen and oxygen atoms in total. The molecule has 1 N–H and O–H groups in total. The molecule has 0 spiro atoms. The predicted molar refractivity (Wildman–Crippen MR) is 116 cm³/mol. The molecule has 4 aromatic rings. The topological polar surface area (TPSA) is 59.2 Å². The van der Waals surface area contributed by atoms with E-state index in [0.717, 1.165) is 14.5 Å². The summed E-state index contributed by atoms with van der Waals surface area (Å²) in [4.78, 5) is 29.2. The van der Waals surface area contributed by atoms with Crippen LogP contribution in [0.5, 0.6) is 0 Å². The maximum atomic E-state index is 13.4. The molecule has 0 aliphatic rings. The van der Waals surface area contributed by atoms with Crippen molar-refractivity contribution in [2.24, 2.45) is 0 Å². The first-order valence-electron chi connectivity index (χ1n) is 8.75. The van der Waals surface area contributed by atoms with Crippen LogP contribution in [-0.4, -0.2) is 16.7 Å². The number of carbonyl (C=O) groups excluding carboxylic acids is 2. The van der Waals surface area contributed by atoms with Gasteiger partial charge in [0.15, 0.2) is 6.10 Å². The summed E-state index contributed by atoms with van der Waals surface area (Å²) in [6.07, 6.45) is 0.646. The second kappa shape index (κ2) is 7.98. The van der Waals surface area contributed by atoms with Crippen LogP contribution in [0.1, 0.15) is 32.4 Å². The molecular formula is C23H16INO3. The van der Waals surface area contributed by atoms with Crippen molar-refractivity contribution in [1.29, 1.82) is 0 Å². The van der Waals surface area contributed by atoms with Crippen molar-refractivity contribution in [2.75, 3.05) is 0 Å². The Hall–Kier alpha value is -2.93. The standard InChI is InChI=1S/C23H16INO3/c24-17-10-6-9-16(13-17)23(27)28-22(15-7-2-1-3-8-15)21(26)19-14-25-20-12-5-4-11-18(19)20/h1-14,22,25H/t22-/m1/s1. The van der Waals surface area contributed by atoms with Gasteiger partial charge in [-0.25, -0.2) is 4.79 Å². The van der Waals surface area contributed by atoms with E-state index in [2.05, 4.69) is 27.6 Å². The van der Waals surface area contributed by atoms with E-state index in [1.807, 2.05) is 48.5 Å². The number of benzene rings is 3. The number of esters is 1. The first-order valence-corrected chi connectivity index (χ1v) is 9.83. The second-order valence-corrected chi connectivity index (χ2v) is 7.56. The molecule has 3 aromatic carbocycles. The summed E-state index contributed by atoms with van der Waals surface area (Å²) < 4.78 is 6.63. The predicted octanol–water partition coefficient (Wildman–Crippen LogP) is 5.55. The molecule has 0 amide bonds. The average Bonchev–Trinajstić information content (AvgIpc) is 3.16. The molecule has 5 heteroatoms. The van der Waals surface area contributed by atoms with Gasteiger partial charge < -0.3 is 9.72 Å². The van der Waals surface area contributed by atoms with Gasteiger partial charge in [-0.15, -0.1) is 0 Å². The number of rotatable bonds is 5. The molecule has 0 fully saturated rings. The largest absolute Gasteiger partial charge is 0.445 e. The normalized spacial score (nSPS) is 11.9. The van der Waals surface area contributed by atoms with Gasteiger partial charge >= 0.3 is 5.97 Å². The zero-order valence-corrected chi connectivity index (χ0v) is 16.9. The third-order valence-electron chi connectivity index (χ3n) is 4.48. The molecule has 138 valence electrons.